The van der Waals surface area contributed by atoms with Gasteiger partial charge in [0.25, 0.3) is 5.91 Å². The molecule has 1 amide bonds. The van der Waals surface area contributed by atoms with Crippen LogP contribution in [0.3, 0.4) is 0 Å². The van der Waals surface area contributed by atoms with E-state index in [1.165, 1.54) is 0 Å². The zero-order valence-corrected chi connectivity index (χ0v) is 13.1. The summed E-state index contributed by atoms with van der Waals surface area (Å²) in [5.74, 6) is -0.556. The van der Waals surface area contributed by atoms with E-state index in [0.717, 1.165) is 5.69 Å². The molecule has 1 fully saturated rings. The molecule has 7 heteroatoms. The van der Waals surface area contributed by atoms with Crippen molar-refractivity contribution in [2.75, 3.05) is 5.32 Å². The number of anilines is 2. The summed E-state index contributed by atoms with van der Waals surface area (Å²) >= 11 is 0. The van der Waals surface area contributed by atoms with E-state index in [1.807, 2.05) is 30.3 Å². The maximum absolute atomic E-state index is 11.7. The lowest BCUT2D eigenvalue weighted by molar-refractivity contribution is 0.0861. The zero-order chi connectivity index (χ0) is 17.1. The van der Waals surface area contributed by atoms with Crippen LogP contribution in [0.1, 0.15) is 35.7 Å². The van der Waals surface area contributed by atoms with E-state index in [-0.39, 0.29) is 17.5 Å². The van der Waals surface area contributed by atoms with Gasteiger partial charge in [0, 0.05) is 11.9 Å². The third-order valence-corrected chi connectivity index (χ3v) is 4.33. The van der Waals surface area contributed by atoms with Gasteiger partial charge in [-0.1, -0.05) is 18.2 Å². The standard InChI is InChI=1S/C17H19N5O2/c18-9-11-8-13(23)6-7-15(11)22-10-14(16(19)24)17(21-22)20-12-4-2-1-3-5-12/h1-5,10-11,13,15,23H,6-8H2,(H2,19,24)(H,20,21)/t11-,13-,15?/m1/s1. The molecule has 1 aromatic carbocycles. The Balaban J connectivity index is 1.91. The Morgan fingerprint density at radius 2 is 2.12 bits per heavy atom. The molecule has 0 spiro atoms. The summed E-state index contributed by atoms with van der Waals surface area (Å²) in [6.07, 6.45) is 2.77. The maximum Gasteiger partial charge on any atom is 0.254 e. The second-order valence-corrected chi connectivity index (χ2v) is 6.00. The van der Waals surface area contributed by atoms with Crippen LogP contribution in [0.2, 0.25) is 0 Å². The highest BCUT2D eigenvalue weighted by Crippen LogP contribution is 2.34. The maximum atomic E-state index is 11.7. The molecular weight excluding hydrogens is 306 g/mol. The molecule has 0 aliphatic heterocycles. The molecule has 1 aliphatic carbocycles. The number of hydrogen-bond donors (Lipinski definition) is 3. The van der Waals surface area contributed by atoms with Crippen molar-refractivity contribution in [3.8, 4) is 6.07 Å². The summed E-state index contributed by atoms with van der Waals surface area (Å²) in [5.41, 5.74) is 6.54. The Bertz CT molecular complexity index is 765. The van der Waals surface area contributed by atoms with Crippen LogP contribution in [0, 0.1) is 17.2 Å². The van der Waals surface area contributed by atoms with Gasteiger partial charge >= 0.3 is 0 Å². The highest BCUT2D eigenvalue weighted by atomic mass is 16.3. The first-order valence-corrected chi connectivity index (χ1v) is 7.87. The van der Waals surface area contributed by atoms with Gasteiger partial charge in [-0.3, -0.25) is 9.48 Å². The van der Waals surface area contributed by atoms with E-state index in [9.17, 15) is 15.2 Å². The topological polar surface area (TPSA) is 117 Å². The van der Waals surface area contributed by atoms with E-state index in [4.69, 9.17) is 5.73 Å². The fourth-order valence-electron chi connectivity index (χ4n) is 3.08. The molecule has 0 radical (unpaired) electrons. The van der Waals surface area contributed by atoms with Crippen LogP contribution in [-0.2, 0) is 0 Å². The van der Waals surface area contributed by atoms with Crippen molar-refractivity contribution in [2.45, 2.75) is 31.4 Å². The van der Waals surface area contributed by atoms with Gasteiger partial charge in [-0.05, 0) is 31.4 Å². The Morgan fingerprint density at radius 3 is 2.79 bits per heavy atom. The molecule has 1 unspecified atom stereocenters. The van der Waals surface area contributed by atoms with Crippen molar-refractivity contribution in [2.24, 2.45) is 11.7 Å². The lowest BCUT2D eigenvalue weighted by Gasteiger charge is -2.30. The van der Waals surface area contributed by atoms with Gasteiger partial charge in [0.15, 0.2) is 5.82 Å². The Morgan fingerprint density at radius 1 is 1.38 bits per heavy atom. The summed E-state index contributed by atoms with van der Waals surface area (Å²) in [6, 6.07) is 11.4. The SMILES string of the molecule is N#C[C@H]1C[C@H](O)CCC1n1cc(C(N)=O)c(Nc2ccccc2)n1. The number of benzene rings is 1. The fraction of sp³-hybridized carbons (Fsp3) is 0.353. The number of nitriles is 1. The van der Waals surface area contributed by atoms with Gasteiger partial charge < -0.3 is 16.2 Å². The number of hydrogen-bond acceptors (Lipinski definition) is 5. The molecule has 3 atom stereocenters. The predicted molar refractivity (Wildman–Crippen MR) is 88.5 cm³/mol. The van der Waals surface area contributed by atoms with Crippen LogP contribution in [0.4, 0.5) is 11.5 Å². The largest absolute Gasteiger partial charge is 0.393 e. The van der Waals surface area contributed by atoms with Crippen molar-refractivity contribution in [1.82, 2.24) is 9.78 Å². The molecule has 1 heterocycles. The number of nitrogens with two attached hydrogens (primary N) is 1. The first-order chi connectivity index (χ1) is 11.6. The lowest BCUT2D eigenvalue weighted by atomic mass is 9.84. The zero-order valence-electron chi connectivity index (χ0n) is 13.1. The second-order valence-electron chi connectivity index (χ2n) is 6.00. The van der Waals surface area contributed by atoms with Gasteiger partial charge in [-0.15, -0.1) is 0 Å². The molecule has 24 heavy (non-hydrogen) atoms. The predicted octanol–water partition coefficient (Wildman–Crippen LogP) is 1.95. The number of aliphatic hydroxyl groups excluding tert-OH is 1. The molecule has 124 valence electrons. The van der Waals surface area contributed by atoms with E-state index >= 15 is 0 Å². The van der Waals surface area contributed by atoms with Crippen molar-refractivity contribution < 1.29 is 9.90 Å². The van der Waals surface area contributed by atoms with Crippen LogP contribution >= 0.6 is 0 Å². The number of nitrogens with one attached hydrogen (secondary N) is 1. The summed E-state index contributed by atoms with van der Waals surface area (Å²) in [5, 5.41) is 26.6. The number of amides is 1. The first-order valence-electron chi connectivity index (χ1n) is 7.87. The van der Waals surface area contributed by atoms with Gasteiger partial charge in [0.2, 0.25) is 0 Å². The van der Waals surface area contributed by atoms with Crippen LogP contribution in [0.25, 0.3) is 0 Å². The summed E-state index contributed by atoms with van der Waals surface area (Å²) in [7, 11) is 0. The van der Waals surface area contributed by atoms with E-state index in [1.54, 1.807) is 10.9 Å². The molecule has 1 aliphatic rings. The number of aliphatic hydroxyl groups is 1. The molecule has 7 nitrogen and oxygen atoms in total. The van der Waals surface area contributed by atoms with Gasteiger partial charge in [0.05, 0.1) is 24.1 Å². The van der Waals surface area contributed by atoms with E-state index < -0.39 is 12.0 Å². The summed E-state index contributed by atoms with van der Waals surface area (Å²) in [6.45, 7) is 0. The fourth-order valence-corrected chi connectivity index (χ4v) is 3.08. The van der Waals surface area contributed by atoms with Gasteiger partial charge in [-0.25, -0.2) is 0 Å². The lowest BCUT2D eigenvalue weighted by Crippen LogP contribution is -2.29. The smallest absolute Gasteiger partial charge is 0.254 e. The minimum absolute atomic E-state index is 0.178. The molecule has 1 saturated carbocycles. The third kappa shape index (κ3) is 3.24. The Kier molecular flexibility index (Phi) is 4.49. The number of carbonyl (C=O) groups excluding carboxylic acids is 1. The minimum Gasteiger partial charge on any atom is -0.393 e. The number of nitrogens with zero attached hydrogens (tertiary/aromatic N) is 3. The Hall–Kier alpha value is -2.85. The monoisotopic (exact) mass is 325 g/mol. The number of para-hydroxylation sites is 1. The summed E-state index contributed by atoms with van der Waals surface area (Å²) in [4.78, 5) is 11.7. The quantitative estimate of drug-likeness (QED) is 0.794. The van der Waals surface area contributed by atoms with Gasteiger partial charge in [0.1, 0.15) is 5.56 Å². The van der Waals surface area contributed by atoms with Crippen LogP contribution in [-0.4, -0.2) is 26.9 Å². The highest BCUT2D eigenvalue weighted by molar-refractivity contribution is 5.98. The van der Waals surface area contributed by atoms with Crippen molar-refractivity contribution >= 4 is 17.4 Å². The van der Waals surface area contributed by atoms with Crippen molar-refractivity contribution in [3.63, 3.8) is 0 Å². The number of primary amides is 1. The van der Waals surface area contributed by atoms with E-state index in [0.29, 0.717) is 25.1 Å². The van der Waals surface area contributed by atoms with Crippen molar-refractivity contribution in [1.29, 1.82) is 5.26 Å². The molecule has 1 aromatic heterocycles. The van der Waals surface area contributed by atoms with Crippen LogP contribution < -0.4 is 11.1 Å². The molecular formula is C17H19N5O2. The highest BCUT2D eigenvalue weighted by Gasteiger charge is 2.32. The molecule has 2 aromatic rings. The summed E-state index contributed by atoms with van der Waals surface area (Å²) < 4.78 is 1.63. The van der Waals surface area contributed by atoms with Crippen molar-refractivity contribution in [3.05, 3.63) is 42.1 Å². The normalized spacial score (nSPS) is 23.4. The average molecular weight is 325 g/mol. The van der Waals surface area contributed by atoms with Crippen LogP contribution in [0.5, 0.6) is 0 Å². The van der Waals surface area contributed by atoms with E-state index in [2.05, 4.69) is 16.5 Å². The number of aromatic nitrogens is 2. The molecule has 3 rings (SSSR count). The molecule has 4 N–H and O–H groups in total. The second kappa shape index (κ2) is 6.72. The molecule has 0 saturated heterocycles. The number of rotatable bonds is 4. The third-order valence-electron chi connectivity index (χ3n) is 4.33. The van der Waals surface area contributed by atoms with Gasteiger partial charge in [-0.2, -0.15) is 10.4 Å². The first kappa shape index (κ1) is 16.0. The number of carbonyl (C=O) groups is 1. The van der Waals surface area contributed by atoms with Crippen LogP contribution in [0.15, 0.2) is 36.5 Å². The average Bonchev–Trinajstić information content (AvgIpc) is 2.99. The molecule has 0 bridgehead atoms. The Labute approximate surface area is 139 Å². The minimum atomic E-state index is -0.580.